The molecule has 0 aromatic carbocycles. The molecular formula is C17H28BrNO. The summed E-state index contributed by atoms with van der Waals surface area (Å²) in [4.78, 5) is 15.3. The summed E-state index contributed by atoms with van der Waals surface area (Å²) in [5, 5.41) is 0.991. The molecule has 0 atom stereocenters. The lowest BCUT2D eigenvalue weighted by atomic mass is 9.51. The molecule has 4 aliphatic carbocycles. The lowest BCUT2D eigenvalue weighted by Gasteiger charge is -2.54. The Hall–Kier alpha value is -0.0500. The molecule has 4 fully saturated rings. The Morgan fingerprint density at radius 2 is 1.65 bits per heavy atom. The van der Waals surface area contributed by atoms with Crippen LogP contribution in [0.3, 0.4) is 0 Å². The Morgan fingerprint density at radius 1 is 1.10 bits per heavy atom. The molecule has 0 aromatic rings. The Labute approximate surface area is 131 Å². The molecule has 1 amide bonds. The predicted octanol–water partition coefficient (Wildman–Crippen LogP) is 4.08. The lowest BCUT2D eigenvalue weighted by molar-refractivity contribution is -0.150. The van der Waals surface area contributed by atoms with E-state index in [-0.39, 0.29) is 0 Å². The third-order valence-electron chi connectivity index (χ3n) is 5.95. The second-order valence-corrected chi connectivity index (χ2v) is 8.42. The topological polar surface area (TPSA) is 20.3 Å². The zero-order valence-corrected chi connectivity index (χ0v) is 14.4. The van der Waals surface area contributed by atoms with Gasteiger partial charge >= 0.3 is 0 Å². The Balaban J connectivity index is 1.72. The van der Waals surface area contributed by atoms with Gasteiger partial charge in [-0.1, -0.05) is 15.9 Å². The van der Waals surface area contributed by atoms with Gasteiger partial charge in [0.25, 0.3) is 0 Å². The number of alkyl halides is 1. The molecule has 0 heterocycles. The number of carbonyl (C=O) groups is 1. The predicted molar refractivity (Wildman–Crippen MR) is 85.8 cm³/mol. The van der Waals surface area contributed by atoms with E-state index < -0.39 is 0 Å². The lowest BCUT2D eigenvalue weighted by Crippen LogP contribution is -2.53. The normalized spacial score (nSPS) is 38.5. The third-order valence-corrected chi connectivity index (χ3v) is 6.51. The van der Waals surface area contributed by atoms with Crippen LogP contribution in [-0.4, -0.2) is 28.7 Å². The largest absolute Gasteiger partial charge is 0.340 e. The molecule has 0 saturated heterocycles. The average molecular weight is 342 g/mol. The van der Waals surface area contributed by atoms with E-state index in [2.05, 4.69) is 34.7 Å². The minimum atomic E-state index is 0.346. The van der Waals surface area contributed by atoms with Crippen molar-refractivity contribution in [1.29, 1.82) is 0 Å². The van der Waals surface area contributed by atoms with E-state index in [0.717, 1.165) is 30.1 Å². The second kappa shape index (κ2) is 5.98. The summed E-state index contributed by atoms with van der Waals surface area (Å²) >= 11 is 3.50. The summed E-state index contributed by atoms with van der Waals surface area (Å²) in [6, 6.07) is 0.346. The van der Waals surface area contributed by atoms with Crippen molar-refractivity contribution in [2.45, 2.75) is 58.4 Å². The quantitative estimate of drug-likeness (QED) is 0.690. The van der Waals surface area contributed by atoms with E-state index in [1.807, 2.05) is 0 Å². The van der Waals surface area contributed by atoms with Crippen LogP contribution in [0.4, 0.5) is 0 Å². The van der Waals surface area contributed by atoms with Gasteiger partial charge in [-0.3, -0.25) is 4.79 Å². The van der Waals surface area contributed by atoms with Gasteiger partial charge in [-0.15, -0.1) is 0 Å². The van der Waals surface area contributed by atoms with Crippen molar-refractivity contribution in [3.63, 3.8) is 0 Å². The number of hydrogen-bond acceptors (Lipinski definition) is 1. The number of rotatable bonds is 5. The molecule has 3 heteroatoms. The maximum atomic E-state index is 13.1. The highest BCUT2D eigenvalue weighted by Crippen LogP contribution is 2.56. The zero-order chi connectivity index (χ0) is 14.3. The van der Waals surface area contributed by atoms with Gasteiger partial charge in [0.1, 0.15) is 0 Å². The fourth-order valence-electron chi connectivity index (χ4n) is 5.37. The number of halogens is 1. The van der Waals surface area contributed by atoms with Gasteiger partial charge in [-0.25, -0.2) is 0 Å². The van der Waals surface area contributed by atoms with Crippen molar-refractivity contribution < 1.29 is 4.79 Å². The SMILES string of the molecule is CC(C)N(CCCBr)C(=O)C1C2CC3CC(C2)CC1C3. The highest BCUT2D eigenvalue weighted by atomic mass is 79.9. The number of carbonyl (C=O) groups excluding carboxylic acids is 1. The Morgan fingerprint density at radius 3 is 2.10 bits per heavy atom. The second-order valence-electron chi connectivity index (χ2n) is 7.62. The van der Waals surface area contributed by atoms with Crippen LogP contribution in [0, 0.1) is 29.6 Å². The molecule has 4 saturated carbocycles. The molecule has 0 radical (unpaired) electrons. The highest BCUT2D eigenvalue weighted by Gasteiger charge is 2.51. The summed E-state index contributed by atoms with van der Waals surface area (Å²) in [5.74, 6) is 4.18. The van der Waals surface area contributed by atoms with E-state index >= 15 is 0 Å². The maximum Gasteiger partial charge on any atom is 0.226 e. The van der Waals surface area contributed by atoms with Crippen LogP contribution in [0.5, 0.6) is 0 Å². The first-order chi connectivity index (χ1) is 9.60. The molecule has 0 unspecified atom stereocenters. The summed E-state index contributed by atoms with van der Waals surface area (Å²) in [6.45, 7) is 5.26. The van der Waals surface area contributed by atoms with Gasteiger partial charge in [-0.05, 0) is 76.0 Å². The van der Waals surface area contributed by atoms with Crippen LogP contribution < -0.4 is 0 Å². The van der Waals surface area contributed by atoms with E-state index in [4.69, 9.17) is 0 Å². The van der Waals surface area contributed by atoms with Crippen LogP contribution in [0.25, 0.3) is 0 Å². The summed E-state index contributed by atoms with van der Waals surface area (Å²) in [5.41, 5.74) is 0. The van der Waals surface area contributed by atoms with Crippen molar-refractivity contribution in [2.75, 3.05) is 11.9 Å². The van der Waals surface area contributed by atoms with Crippen molar-refractivity contribution in [1.82, 2.24) is 4.90 Å². The van der Waals surface area contributed by atoms with Crippen molar-refractivity contribution >= 4 is 21.8 Å². The Kier molecular flexibility index (Phi) is 4.45. The van der Waals surface area contributed by atoms with Crippen molar-refractivity contribution in [3.8, 4) is 0 Å². The maximum absolute atomic E-state index is 13.1. The minimum Gasteiger partial charge on any atom is -0.340 e. The molecule has 114 valence electrons. The monoisotopic (exact) mass is 341 g/mol. The van der Waals surface area contributed by atoms with Gasteiger partial charge in [0.2, 0.25) is 5.91 Å². The summed E-state index contributed by atoms with van der Waals surface area (Å²) in [6.07, 6.45) is 7.89. The number of nitrogens with zero attached hydrogens (tertiary/aromatic N) is 1. The first-order valence-electron chi connectivity index (χ1n) is 8.46. The zero-order valence-electron chi connectivity index (χ0n) is 12.9. The van der Waals surface area contributed by atoms with Crippen LogP contribution >= 0.6 is 15.9 Å². The summed E-state index contributed by atoms with van der Waals surface area (Å²) < 4.78 is 0. The van der Waals surface area contributed by atoms with Gasteiger partial charge < -0.3 is 4.90 Å². The minimum absolute atomic E-state index is 0.346. The van der Waals surface area contributed by atoms with Gasteiger partial charge in [0.05, 0.1) is 0 Å². The molecule has 0 aliphatic heterocycles. The number of amides is 1. The van der Waals surface area contributed by atoms with E-state index in [1.165, 1.54) is 32.1 Å². The van der Waals surface area contributed by atoms with E-state index in [1.54, 1.807) is 0 Å². The first kappa shape index (κ1) is 14.9. The Bertz CT molecular complexity index is 340. The standard InChI is InChI=1S/C17H28BrNO/c1-11(2)19(5-3-4-18)17(20)16-14-7-12-6-13(9-14)10-15(16)8-12/h11-16H,3-10H2,1-2H3. The van der Waals surface area contributed by atoms with E-state index in [0.29, 0.717) is 29.7 Å². The van der Waals surface area contributed by atoms with Crippen LogP contribution in [0.2, 0.25) is 0 Å². The highest BCUT2D eigenvalue weighted by molar-refractivity contribution is 9.09. The molecule has 2 nitrogen and oxygen atoms in total. The van der Waals surface area contributed by atoms with E-state index in [9.17, 15) is 4.79 Å². The smallest absolute Gasteiger partial charge is 0.226 e. The number of hydrogen-bond donors (Lipinski definition) is 0. The fourth-order valence-corrected chi connectivity index (χ4v) is 5.62. The van der Waals surface area contributed by atoms with Gasteiger partial charge in [-0.2, -0.15) is 0 Å². The molecule has 0 aromatic heterocycles. The molecule has 0 N–H and O–H groups in total. The molecule has 4 aliphatic rings. The van der Waals surface area contributed by atoms with Crippen LogP contribution in [0.15, 0.2) is 0 Å². The van der Waals surface area contributed by atoms with Crippen molar-refractivity contribution in [3.05, 3.63) is 0 Å². The van der Waals surface area contributed by atoms with Gasteiger partial charge in [0, 0.05) is 23.8 Å². The first-order valence-corrected chi connectivity index (χ1v) is 9.58. The molecular weight excluding hydrogens is 314 g/mol. The molecule has 0 spiro atoms. The van der Waals surface area contributed by atoms with Crippen LogP contribution in [-0.2, 0) is 4.79 Å². The van der Waals surface area contributed by atoms with Crippen molar-refractivity contribution in [2.24, 2.45) is 29.6 Å². The summed E-state index contributed by atoms with van der Waals surface area (Å²) in [7, 11) is 0. The molecule has 4 bridgehead atoms. The molecule has 20 heavy (non-hydrogen) atoms. The van der Waals surface area contributed by atoms with Gasteiger partial charge in [0.15, 0.2) is 0 Å². The molecule has 4 rings (SSSR count). The fraction of sp³-hybridized carbons (Fsp3) is 0.941. The third kappa shape index (κ3) is 2.67. The average Bonchev–Trinajstić information content (AvgIpc) is 2.37. The van der Waals surface area contributed by atoms with Crippen LogP contribution in [0.1, 0.15) is 52.4 Å².